The number of rotatable bonds is 6. The summed E-state index contributed by atoms with van der Waals surface area (Å²) in [6.45, 7) is 8.95. The van der Waals surface area contributed by atoms with Gasteiger partial charge in [-0.1, -0.05) is 24.8 Å². The molecule has 180 valence electrons. The second kappa shape index (κ2) is 10.2. The van der Waals surface area contributed by atoms with Crippen molar-refractivity contribution in [3.63, 3.8) is 0 Å². The Balaban J connectivity index is 2.24. The molecule has 2 amide bonds. The minimum Gasteiger partial charge on any atom is -0.495 e. The van der Waals surface area contributed by atoms with E-state index in [1.165, 1.54) is 25.3 Å². The van der Waals surface area contributed by atoms with Crippen LogP contribution in [0.1, 0.15) is 31.4 Å². The van der Waals surface area contributed by atoms with Crippen molar-refractivity contribution in [2.75, 3.05) is 25.6 Å². The first-order valence-corrected chi connectivity index (χ1v) is 10.8. The standard InChI is InChI=1S/C26H27N5O4/c1-16(14-27)15-31(25(33)35-26(2,3)4)22-19-13-18(8-7-17(19)9-10-21(22)34-6)20-11-12-29-23(30-20)24(32)28-5/h7-13H,1,15H2,2-6H3,(H,28,32). The molecular formula is C26H27N5O4. The number of anilines is 1. The lowest BCUT2D eigenvalue weighted by atomic mass is 10.0. The van der Waals surface area contributed by atoms with Gasteiger partial charge in [0, 0.05) is 29.8 Å². The molecule has 0 atom stereocenters. The largest absolute Gasteiger partial charge is 0.495 e. The van der Waals surface area contributed by atoms with Gasteiger partial charge in [-0.2, -0.15) is 5.26 Å². The Labute approximate surface area is 204 Å². The van der Waals surface area contributed by atoms with E-state index in [1.54, 1.807) is 32.9 Å². The number of nitrogens with one attached hydrogen (secondary N) is 1. The summed E-state index contributed by atoms with van der Waals surface area (Å²) in [7, 11) is 3.01. The third-order valence-corrected chi connectivity index (χ3v) is 4.95. The fourth-order valence-corrected chi connectivity index (χ4v) is 3.41. The molecule has 9 nitrogen and oxygen atoms in total. The predicted molar refractivity (Wildman–Crippen MR) is 133 cm³/mol. The number of benzene rings is 2. The number of carbonyl (C=O) groups excluding carboxylic acids is 2. The van der Waals surface area contributed by atoms with Gasteiger partial charge in [-0.05, 0) is 44.4 Å². The molecule has 0 fully saturated rings. The highest BCUT2D eigenvalue weighted by Crippen LogP contribution is 2.39. The summed E-state index contributed by atoms with van der Waals surface area (Å²) < 4.78 is 11.2. The van der Waals surface area contributed by atoms with Crippen LogP contribution < -0.4 is 15.0 Å². The molecule has 1 aromatic heterocycles. The highest BCUT2D eigenvalue weighted by Gasteiger charge is 2.28. The Bertz CT molecular complexity index is 1340. The van der Waals surface area contributed by atoms with Gasteiger partial charge in [-0.15, -0.1) is 0 Å². The summed E-state index contributed by atoms with van der Waals surface area (Å²) in [5, 5.41) is 13.4. The van der Waals surface area contributed by atoms with Crippen LogP contribution in [-0.2, 0) is 4.74 Å². The third kappa shape index (κ3) is 5.73. The van der Waals surface area contributed by atoms with E-state index in [0.29, 0.717) is 28.1 Å². The maximum Gasteiger partial charge on any atom is 0.415 e. The van der Waals surface area contributed by atoms with Gasteiger partial charge in [0.2, 0.25) is 5.82 Å². The van der Waals surface area contributed by atoms with Crippen molar-refractivity contribution in [1.29, 1.82) is 5.26 Å². The van der Waals surface area contributed by atoms with Crippen molar-refractivity contribution in [3.8, 4) is 23.1 Å². The molecule has 0 radical (unpaired) electrons. The normalized spacial score (nSPS) is 10.9. The summed E-state index contributed by atoms with van der Waals surface area (Å²) >= 11 is 0. The molecule has 0 saturated heterocycles. The van der Waals surface area contributed by atoms with Crippen LogP contribution in [0.2, 0.25) is 0 Å². The molecule has 0 aliphatic rings. The fourth-order valence-electron chi connectivity index (χ4n) is 3.41. The monoisotopic (exact) mass is 473 g/mol. The molecule has 1 heterocycles. The number of nitrogens with zero attached hydrogens (tertiary/aromatic N) is 4. The fraction of sp³-hybridized carbons (Fsp3) is 0.269. The second-order valence-electron chi connectivity index (χ2n) is 8.68. The smallest absolute Gasteiger partial charge is 0.415 e. The molecule has 0 bridgehead atoms. The molecule has 9 heteroatoms. The Morgan fingerprint density at radius 3 is 2.54 bits per heavy atom. The molecular weight excluding hydrogens is 446 g/mol. The lowest BCUT2D eigenvalue weighted by Gasteiger charge is -2.29. The van der Waals surface area contributed by atoms with Crippen molar-refractivity contribution in [2.45, 2.75) is 26.4 Å². The summed E-state index contributed by atoms with van der Waals surface area (Å²) in [5.74, 6) is 0.0535. The van der Waals surface area contributed by atoms with Gasteiger partial charge in [0.15, 0.2) is 0 Å². The van der Waals surface area contributed by atoms with Crippen LogP contribution in [0.4, 0.5) is 10.5 Å². The minimum absolute atomic E-state index is 0.0386. The van der Waals surface area contributed by atoms with Gasteiger partial charge in [-0.25, -0.2) is 14.8 Å². The molecule has 0 unspecified atom stereocenters. The van der Waals surface area contributed by atoms with E-state index in [1.807, 2.05) is 30.3 Å². The van der Waals surface area contributed by atoms with Crippen molar-refractivity contribution in [3.05, 3.63) is 60.6 Å². The van der Waals surface area contributed by atoms with Gasteiger partial charge in [0.1, 0.15) is 11.4 Å². The second-order valence-corrected chi connectivity index (χ2v) is 8.68. The lowest BCUT2D eigenvalue weighted by molar-refractivity contribution is 0.0583. The summed E-state index contributed by atoms with van der Waals surface area (Å²) in [4.78, 5) is 35.0. The first-order chi connectivity index (χ1) is 16.6. The van der Waals surface area contributed by atoms with E-state index in [0.717, 1.165) is 5.39 Å². The maximum atomic E-state index is 13.3. The average Bonchev–Trinajstić information content (AvgIpc) is 2.84. The topological polar surface area (TPSA) is 117 Å². The van der Waals surface area contributed by atoms with Crippen LogP contribution in [0, 0.1) is 11.3 Å². The maximum absolute atomic E-state index is 13.3. The van der Waals surface area contributed by atoms with Gasteiger partial charge >= 0.3 is 6.09 Å². The molecule has 1 N–H and O–H groups in total. The van der Waals surface area contributed by atoms with Crippen LogP contribution in [0.5, 0.6) is 5.75 Å². The molecule has 3 aromatic rings. The number of ether oxygens (including phenoxy) is 2. The molecule has 2 aromatic carbocycles. The van der Waals surface area contributed by atoms with E-state index >= 15 is 0 Å². The number of methoxy groups -OCH3 is 1. The van der Waals surface area contributed by atoms with Crippen LogP contribution in [0.3, 0.4) is 0 Å². The van der Waals surface area contributed by atoms with Gasteiger partial charge in [0.05, 0.1) is 31.1 Å². The van der Waals surface area contributed by atoms with Crippen molar-refractivity contribution >= 4 is 28.5 Å². The number of carbonyl (C=O) groups is 2. The molecule has 3 rings (SSSR count). The third-order valence-electron chi connectivity index (χ3n) is 4.95. The van der Waals surface area contributed by atoms with E-state index in [-0.39, 0.29) is 17.9 Å². The molecule has 0 aliphatic carbocycles. The number of hydrogen-bond acceptors (Lipinski definition) is 7. The first-order valence-electron chi connectivity index (χ1n) is 10.8. The molecule has 0 aliphatic heterocycles. The predicted octanol–water partition coefficient (Wildman–Crippen LogP) is 4.49. The summed E-state index contributed by atoms with van der Waals surface area (Å²) in [5.41, 5.74) is 1.07. The Morgan fingerprint density at radius 2 is 1.91 bits per heavy atom. The zero-order chi connectivity index (χ0) is 25.8. The van der Waals surface area contributed by atoms with Crippen LogP contribution in [-0.4, -0.2) is 48.3 Å². The highest BCUT2D eigenvalue weighted by molar-refractivity contribution is 6.06. The Morgan fingerprint density at radius 1 is 1.20 bits per heavy atom. The average molecular weight is 474 g/mol. The van der Waals surface area contributed by atoms with Gasteiger partial charge in [-0.3, -0.25) is 9.69 Å². The van der Waals surface area contributed by atoms with Gasteiger partial charge in [0.25, 0.3) is 5.91 Å². The van der Waals surface area contributed by atoms with Crippen molar-refractivity contribution < 1.29 is 19.1 Å². The minimum atomic E-state index is -0.760. The molecule has 0 spiro atoms. The summed E-state index contributed by atoms with van der Waals surface area (Å²) in [6.07, 6.45) is 0.863. The van der Waals surface area contributed by atoms with Crippen LogP contribution in [0.15, 0.2) is 54.7 Å². The van der Waals surface area contributed by atoms with E-state index in [2.05, 4.69) is 21.9 Å². The van der Waals surface area contributed by atoms with Crippen molar-refractivity contribution in [1.82, 2.24) is 15.3 Å². The Hall–Kier alpha value is -4.45. The van der Waals surface area contributed by atoms with E-state index < -0.39 is 17.6 Å². The summed E-state index contributed by atoms with van der Waals surface area (Å²) in [6, 6.07) is 12.9. The number of hydrogen-bond donors (Lipinski definition) is 1. The first kappa shape index (κ1) is 25.2. The van der Waals surface area contributed by atoms with Gasteiger partial charge < -0.3 is 14.8 Å². The Kier molecular flexibility index (Phi) is 7.35. The van der Waals surface area contributed by atoms with E-state index in [9.17, 15) is 14.9 Å². The highest BCUT2D eigenvalue weighted by atomic mass is 16.6. The zero-order valence-corrected chi connectivity index (χ0v) is 20.4. The molecule has 35 heavy (non-hydrogen) atoms. The number of aromatic nitrogens is 2. The quantitative estimate of drug-likeness (QED) is 0.524. The van der Waals surface area contributed by atoms with Crippen LogP contribution >= 0.6 is 0 Å². The van der Waals surface area contributed by atoms with Crippen LogP contribution in [0.25, 0.3) is 22.0 Å². The van der Waals surface area contributed by atoms with Crippen molar-refractivity contribution in [2.24, 2.45) is 0 Å². The van der Waals surface area contributed by atoms with E-state index in [4.69, 9.17) is 9.47 Å². The molecule has 0 saturated carbocycles. The number of nitriles is 1. The number of fused-ring (bicyclic) bond motifs is 1. The number of amides is 2. The lowest BCUT2D eigenvalue weighted by Crippen LogP contribution is -2.38. The SMILES string of the molecule is C=C(C#N)CN(C(=O)OC(C)(C)C)c1c(OC)ccc2ccc(-c3ccnc(C(=O)NC)n3)cc12. The zero-order valence-electron chi connectivity index (χ0n) is 20.4.